The number of aromatic nitrogens is 2. The van der Waals surface area contributed by atoms with Crippen LogP contribution in [0.3, 0.4) is 0 Å². The van der Waals surface area contributed by atoms with E-state index in [1.54, 1.807) is 25.5 Å². The van der Waals surface area contributed by atoms with Crippen LogP contribution in [-0.2, 0) is 6.54 Å². The Morgan fingerprint density at radius 2 is 2.16 bits per heavy atom. The molecular weight excluding hydrogens is 240 g/mol. The van der Waals surface area contributed by atoms with E-state index in [9.17, 15) is 4.79 Å². The SMILES string of the molecule is CNC(=O)c1cc(NCc2ccncc2C)ccn1. The van der Waals surface area contributed by atoms with Crippen LogP contribution in [0, 0.1) is 6.92 Å². The highest BCUT2D eigenvalue weighted by atomic mass is 16.1. The maximum atomic E-state index is 11.5. The van der Waals surface area contributed by atoms with Gasteiger partial charge in [0.25, 0.3) is 5.91 Å². The largest absolute Gasteiger partial charge is 0.381 e. The Balaban J connectivity index is 2.08. The lowest BCUT2D eigenvalue weighted by Gasteiger charge is -2.09. The summed E-state index contributed by atoms with van der Waals surface area (Å²) >= 11 is 0. The van der Waals surface area contributed by atoms with Crippen LogP contribution in [0.15, 0.2) is 36.8 Å². The van der Waals surface area contributed by atoms with E-state index in [1.165, 1.54) is 5.56 Å². The number of aryl methyl sites for hydroxylation is 1. The molecule has 2 heterocycles. The van der Waals surface area contributed by atoms with E-state index in [2.05, 4.69) is 20.6 Å². The fourth-order valence-electron chi connectivity index (χ4n) is 1.69. The van der Waals surface area contributed by atoms with Crippen LogP contribution in [0.1, 0.15) is 21.6 Å². The molecule has 0 aliphatic rings. The van der Waals surface area contributed by atoms with Crippen LogP contribution in [0.2, 0.25) is 0 Å². The van der Waals surface area contributed by atoms with Crippen molar-refractivity contribution in [1.29, 1.82) is 0 Å². The number of anilines is 1. The first-order valence-electron chi connectivity index (χ1n) is 6.02. The Kier molecular flexibility index (Phi) is 4.07. The topological polar surface area (TPSA) is 66.9 Å². The number of pyridine rings is 2. The van der Waals surface area contributed by atoms with Gasteiger partial charge in [-0.2, -0.15) is 0 Å². The van der Waals surface area contributed by atoms with Crippen LogP contribution < -0.4 is 10.6 Å². The van der Waals surface area contributed by atoms with Gasteiger partial charge in [-0.25, -0.2) is 0 Å². The summed E-state index contributed by atoms with van der Waals surface area (Å²) in [6, 6.07) is 5.54. The third-order valence-corrected chi connectivity index (χ3v) is 2.84. The molecule has 0 aliphatic carbocycles. The molecule has 19 heavy (non-hydrogen) atoms. The number of carbonyl (C=O) groups excluding carboxylic acids is 1. The summed E-state index contributed by atoms with van der Waals surface area (Å²) in [5.41, 5.74) is 3.58. The summed E-state index contributed by atoms with van der Waals surface area (Å²) in [5.74, 6) is -0.191. The number of carbonyl (C=O) groups is 1. The number of hydrogen-bond donors (Lipinski definition) is 2. The molecule has 2 N–H and O–H groups in total. The van der Waals surface area contributed by atoms with Crippen LogP contribution >= 0.6 is 0 Å². The van der Waals surface area contributed by atoms with Gasteiger partial charge in [-0.3, -0.25) is 14.8 Å². The van der Waals surface area contributed by atoms with Gasteiger partial charge in [0.15, 0.2) is 0 Å². The Morgan fingerprint density at radius 3 is 2.89 bits per heavy atom. The number of nitrogens with one attached hydrogen (secondary N) is 2. The van der Waals surface area contributed by atoms with Gasteiger partial charge < -0.3 is 10.6 Å². The zero-order valence-corrected chi connectivity index (χ0v) is 11.0. The Morgan fingerprint density at radius 1 is 1.32 bits per heavy atom. The number of amides is 1. The lowest BCUT2D eigenvalue weighted by Crippen LogP contribution is -2.19. The first kappa shape index (κ1) is 13.0. The van der Waals surface area contributed by atoms with Gasteiger partial charge in [0.05, 0.1) is 0 Å². The van der Waals surface area contributed by atoms with E-state index < -0.39 is 0 Å². The first-order chi connectivity index (χ1) is 9.20. The standard InChI is InChI=1S/C14H16N4O/c1-10-8-16-5-3-11(10)9-18-12-4-6-17-13(7-12)14(19)15-2/h3-8H,9H2,1-2H3,(H,15,19)(H,17,18). The van der Waals surface area contributed by atoms with E-state index in [4.69, 9.17) is 0 Å². The molecular formula is C14H16N4O. The highest BCUT2D eigenvalue weighted by Crippen LogP contribution is 2.11. The molecule has 0 bridgehead atoms. The minimum Gasteiger partial charge on any atom is -0.381 e. The molecule has 0 radical (unpaired) electrons. The maximum Gasteiger partial charge on any atom is 0.269 e. The second-order valence-corrected chi connectivity index (χ2v) is 4.16. The molecule has 0 unspecified atom stereocenters. The van der Waals surface area contributed by atoms with Crippen LogP contribution in [0.25, 0.3) is 0 Å². The van der Waals surface area contributed by atoms with E-state index >= 15 is 0 Å². The van der Waals surface area contributed by atoms with Crippen molar-refractivity contribution in [2.45, 2.75) is 13.5 Å². The van der Waals surface area contributed by atoms with Gasteiger partial charge in [0, 0.05) is 37.9 Å². The molecule has 2 aromatic rings. The molecule has 2 aromatic heterocycles. The highest BCUT2D eigenvalue weighted by Gasteiger charge is 2.05. The monoisotopic (exact) mass is 256 g/mol. The van der Waals surface area contributed by atoms with Gasteiger partial charge in [0.2, 0.25) is 0 Å². The number of rotatable bonds is 4. The van der Waals surface area contributed by atoms with Crippen molar-refractivity contribution in [3.63, 3.8) is 0 Å². The molecule has 0 spiro atoms. The van der Waals surface area contributed by atoms with Crippen molar-refractivity contribution in [2.75, 3.05) is 12.4 Å². The van der Waals surface area contributed by atoms with E-state index in [0.717, 1.165) is 11.3 Å². The molecule has 5 heteroatoms. The quantitative estimate of drug-likeness (QED) is 0.874. The fourth-order valence-corrected chi connectivity index (χ4v) is 1.69. The van der Waals surface area contributed by atoms with Crippen molar-refractivity contribution >= 4 is 11.6 Å². The van der Waals surface area contributed by atoms with Crippen LogP contribution in [0.5, 0.6) is 0 Å². The predicted molar refractivity (Wildman–Crippen MR) is 73.9 cm³/mol. The third-order valence-electron chi connectivity index (χ3n) is 2.84. The van der Waals surface area contributed by atoms with E-state index in [-0.39, 0.29) is 5.91 Å². The summed E-state index contributed by atoms with van der Waals surface area (Å²) in [7, 11) is 1.59. The van der Waals surface area contributed by atoms with Gasteiger partial charge in [-0.05, 0) is 36.2 Å². The Labute approximate surface area is 112 Å². The van der Waals surface area contributed by atoms with Gasteiger partial charge in [0.1, 0.15) is 5.69 Å². The van der Waals surface area contributed by atoms with Crippen molar-refractivity contribution < 1.29 is 4.79 Å². The van der Waals surface area contributed by atoms with Crippen molar-refractivity contribution in [2.24, 2.45) is 0 Å². The molecule has 5 nitrogen and oxygen atoms in total. The number of nitrogens with zero attached hydrogens (tertiary/aromatic N) is 2. The first-order valence-corrected chi connectivity index (χ1v) is 6.02. The molecule has 0 fully saturated rings. The summed E-state index contributed by atoms with van der Waals surface area (Å²) in [4.78, 5) is 19.6. The lowest BCUT2D eigenvalue weighted by molar-refractivity contribution is 0.0958. The molecule has 0 saturated carbocycles. The average Bonchev–Trinajstić information content (AvgIpc) is 2.46. The third kappa shape index (κ3) is 3.28. The van der Waals surface area contributed by atoms with Crippen molar-refractivity contribution in [1.82, 2.24) is 15.3 Å². The number of hydrogen-bond acceptors (Lipinski definition) is 4. The minimum absolute atomic E-state index is 0.191. The summed E-state index contributed by atoms with van der Waals surface area (Å²) in [6.07, 6.45) is 5.22. The molecule has 0 aromatic carbocycles. The van der Waals surface area contributed by atoms with E-state index in [0.29, 0.717) is 12.2 Å². The second-order valence-electron chi connectivity index (χ2n) is 4.16. The lowest BCUT2D eigenvalue weighted by atomic mass is 10.1. The smallest absolute Gasteiger partial charge is 0.269 e. The molecule has 1 amide bonds. The highest BCUT2D eigenvalue weighted by molar-refractivity contribution is 5.92. The van der Waals surface area contributed by atoms with Crippen molar-refractivity contribution in [3.05, 3.63) is 53.6 Å². The van der Waals surface area contributed by atoms with Gasteiger partial charge >= 0.3 is 0 Å². The van der Waals surface area contributed by atoms with Gasteiger partial charge in [-0.15, -0.1) is 0 Å². The summed E-state index contributed by atoms with van der Waals surface area (Å²) in [5, 5.41) is 5.83. The maximum absolute atomic E-state index is 11.5. The van der Waals surface area contributed by atoms with Crippen LogP contribution in [-0.4, -0.2) is 22.9 Å². The zero-order valence-electron chi connectivity index (χ0n) is 11.0. The van der Waals surface area contributed by atoms with E-state index in [1.807, 2.05) is 25.3 Å². The Hall–Kier alpha value is -2.43. The predicted octanol–water partition coefficient (Wildman–Crippen LogP) is 1.76. The average molecular weight is 256 g/mol. The van der Waals surface area contributed by atoms with Crippen molar-refractivity contribution in [3.8, 4) is 0 Å². The molecule has 98 valence electrons. The summed E-state index contributed by atoms with van der Waals surface area (Å²) in [6.45, 7) is 2.71. The van der Waals surface area contributed by atoms with Crippen LogP contribution in [0.4, 0.5) is 5.69 Å². The van der Waals surface area contributed by atoms with Gasteiger partial charge in [-0.1, -0.05) is 0 Å². The normalized spacial score (nSPS) is 10.0. The minimum atomic E-state index is -0.191. The molecule has 2 rings (SSSR count). The molecule has 0 saturated heterocycles. The zero-order chi connectivity index (χ0) is 13.7. The molecule has 0 aliphatic heterocycles. The molecule has 0 atom stereocenters. The summed E-state index contributed by atoms with van der Waals surface area (Å²) < 4.78 is 0. The second kappa shape index (κ2) is 5.95. The fraction of sp³-hybridized carbons (Fsp3) is 0.214. The Bertz CT molecular complexity index is 583.